The molecule has 1 N–H and O–H groups in total. The molecule has 1 atom stereocenters. The van der Waals surface area contributed by atoms with Gasteiger partial charge >= 0.3 is 0 Å². The molecule has 0 aliphatic heterocycles. The molecule has 0 radical (unpaired) electrons. The summed E-state index contributed by atoms with van der Waals surface area (Å²) in [4.78, 5) is 4.21. The molecule has 3 nitrogen and oxygen atoms in total. The largest absolute Gasteiger partial charge is 0.476 e. The molecule has 0 amide bonds. The van der Waals surface area contributed by atoms with Crippen LogP contribution in [0.4, 0.5) is 5.69 Å². The third-order valence-corrected chi connectivity index (χ3v) is 3.43. The summed E-state index contributed by atoms with van der Waals surface area (Å²) in [5, 5.41) is 4.69. The maximum Gasteiger partial charge on any atom is 0.237 e. The van der Waals surface area contributed by atoms with Crippen LogP contribution in [0.1, 0.15) is 25.5 Å². The van der Waals surface area contributed by atoms with E-state index in [1.165, 1.54) is 0 Å². The standard InChI is InChI=1S/C15H16Cl2N2O/c1-3-20-15-14(5-4-8-18-15)19-10(2)12-9-11(16)6-7-13(12)17/h4-10,19H,3H2,1-2H3. The second-order valence-corrected chi connectivity index (χ2v) is 5.16. The highest BCUT2D eigenvalue weighted by atomic mass is 35.5. The van der Waals surface area contributed by atoms with Crippen LogP contribution in [0.2, 0.25) is 10.0 Å². The summed E-state index contributed by atoms with van der Waals surface area (Å²) in [6.45, 7) is 4.51. The van der Waals surface area contributed by atoms with Gasteiger partial charge in [-0.25, -0.2) is 4.98 Å². The Labute approximate surface area is 128 Å². The number of hydrogen-bond donors (Lipinski definition) is 1. The van der Waals surface area contributed by atoms with Crippen LogP contribution >= 0.6 is 23.2 Å². The van der Waals surface area contributed by atoms with Crippen LogP contribution in [0.25, 0.3) is 0 Å². The third-order valence-electron chi connectivity index (χ3n) is 2.85. The van der Waals surface area contributed by atoms with Crippen molar-refractivity contribution in [2.45, 2.75) is 19.9 Å². The Balaban J connectivity index is 2.23. The van der Waals surface area contributed by atoms with Crippen molar-refractivity contribution in [2.24, 2.45) is 0 Å². The maximum atomic E-state index is 6.21. The Morgan fingerprint density at radius 2 is 2.10 bits per heavy atom. The van der Waals surface area contributed by atoms with Gasteiger partial charge in [0.25, 0.3) is 0 Å². The van der Waals surface area contributed by atoms with Gasteiger partial charge in [0.1, 0.15) is 0 Å². The molecule has 1 aromatic heterocycles. The lowest BCUT2D eigenvalue weighted by molar-refractivity contribution is 0.328. The Morgan fingerprint density at radius 1 is 1.30 bits per heavy atom. The predicted molar refractivity (Wildman–Crippen MR) is 83.9 cm³/mol. The average Bonchev–Trinajstić information content (AvgIpc) is 2.44. The summed E-state index contributed by atoms with van der Waals surface area (Å²) in [5.41, 5.74) is 1.77. The number of anilines is 1. The van der Waals surface area contributed by atoms with Crippen molar-refractivity contribution in [3.05, 3.63) is 52.1 Å². The normalized spacial score (nSPS) is 12.0. The van der Waals surface area contributed by atoms with Crippen LogP contribution in [0, 0.1) is 0 Å². The zero-order valence-corrected chi connectivity index (χ0v) is 12.9. The molecular weight excluding hydrogens is 295 g/mol. The van der Waals surface area contributed by atoms with Crippen LogP contribution in [-0.4, -0.2) is 11.6 Å². The van der Waals surface area contributed by atoms with E-state index in [1.807, 2.05) is 32.0 Å². The van der Waals surface area contributed by atoms with Gasteiger partial charge in [0.2, 0.25) is 5.88 Å². The van der Waals surface area contributed by atoms with Crippen LogP contribution in [-0.2, 0) is 0 Å². The smallest absolute Gasteiger partial charge is 0.237 e. The highest BCUT2D eigenvalue weighted by Crippen LogP contribution is 2.31. The number of aromatic nitrogens is 1. The Bertz CT molecular complexity index is 590. The fourth-order valence-electron chi connectivity index (χ4n) is 1.91. The lowest BCUT2D eigenvalue weighted by atomic mass is 10.1. The summed E-state index contributed by atoms with van der Waals surface area (Å²) < 4.78 is 5.50. The van der Waals surface area contributed by atoms with Gasteiger partial charge in [-0.2, -0.15) is 0 Å². The summed E-state index contributed by atoms with van der Waals surface area (Å²) in [5.74, 6) is 0.583. The number of hydrogen-bond acceptors (Lipinski definition) is 3. The minimum Gasteiger partial charge on any atom is -0.476 e. The lowest BCUT2D eigenvalue weighted by Gasteiger charge is -2.18. The number of benzene rings is 1. The minimum absolute atomic E-state index is 0.00962. The number of pyridine rings is 1. The molecule has 0 aliphatic carbocycles. The molecule has 0 saturated heterocycles. The number of halogens is 2. The van der Waals surface area contributed by atoms with E-state index in [2.05, 4.69) is 10.3 Å². The van der Waals surface area contributed by atoms with Gasteiger partial charge in [-0.05, 0) is 49.7 Å². The molecule has 0 saturated carbocycles. The molecular formula is C15H16Cl2N2O. The van der Waals surface area contributed by atoms with Gasteiger partial charge < -0.3 is 10.1 Å². The number of nitrogens with zero attached hydrogens (tertiary/aromatic N) is 1. The van der Waals surface area contributed by atoms with E-state index in [0.29, 0.717) is 22.5 Å². The first-order valence-electron chi connectivity index (χ1n) is 6.41. The highest BCUT2D eigenvalue weighted by Gasteiger charge is 2.13. The fraction of sp³-hybridized carbons (Fsp3) is 0.267. The monoisotopic (exact) mass is 310 g/mol. The molecule has 2 aromatic rings. The summed E-state index contributed by atoms with van der Waals surface area (Å²) in [7, 11) is 0. The van der Waals surface area contributed by atoms with Crippen LogP contribution in [0.3, 0.4) is 0 Å². The van der Waals surface area contributed by atoms with Crippen molar-refractivity contribution in [2.75, 3.05) is 11.9 Å². The molecule has 20 heavy (non-hydrogen) atoms. The summed E-state index contributed by atoms with van der Waals surface area (Å²) in [6, 6.07) is 9.20. The molecule has 5 heteroatoms. The molecule has 106 valence electrons. The third kappa shape index (κ3) is 3.56. The molecule has 1 heterocycles. The second-order valence-electron chi connectivity index (χ2n) is 4.32. The van der Waals surface area contributed by atoms with Crippen LogP contribution in [0.5, 0.6) is 5.88 Å². The van der Waals surface area contributed by atoms with Crippen molar-refractivity contribution in [3.8, 4) is 5.88 Å². The highest BCUT2D eigenvalue weighted by molar-refractivity contribution is 6.33. The van der Waals surface area contributed by atoms with E-state index in [9.17, 15) is 0 Å². The lowest BCUT2D eigenvalue weighted by Crippen LogP contribution is -2.09. The van der Waals surface area contributed by atoms with Crippen molar-refractivity contribution in [1.82, 2.24) is 4.98 Å². The Hall–Kier alpha value is -1.45. The quantitative estimate of drug-likeness (QED) is 0.847. The molecule has 0 bridgehead atoms. The van der Waals surface area contributed by atoms with Crippen molar-refractivity contribution >= 4 is 28.9 Å². The van der Waals surface area contributed by atoms with Gasteiger partial charge in [-0.15, -0.1) is 0 Å². The van der Waals surface area contributed by atoms with E-state index in [0.717, 1.165) is 11.3 Å². The molecule has 1 aromatic carbocycles. The molecule has 0 fully saturated rings. The summed E-state index contributed by atoms with van der Waals surface area (Å²) >= 11 is 12.2. The average molecular weight is 311 g/mol. The van der Waals surface area contributed by atoms with Crippen LogP contribution in [0.15, 0.2) is 36.5 Å². The van der Waals surface area contributed by atoms with E-state index in [1.54, 1.807) is 18.3 Å². The van der Waals surface area contributed by atoms with Gasteiger partial charge in [0.15, 0.2) is 0 Å². The Morgan fingerprint density at radius 3 is 2.85 bits per heavy atom. The van der Waals surface area contributed by atoms with Crippen molar-refractivity contribution < 1.29 is 4.74 Å². The SMILES string of the molecule is CCOc1ncccc1NC(C)c1cc(Cl)ccc1Cl. The molecule has 1 unspecified atom stereocenters. The maximum absolute atomic E-state index is 6.21. The van der Waals surface area contributed by atoms with Crippen molar-refractivity contribution in [1.29, 1.82) is 0 Å². The van der Waals surface area contributed by atoms with E-state index >= 15 is 0 Å². The molecule has 2 rings (SSSR count). The van der Waals surface area contributed by atoms with E-state index in [-0.39, 0.29) is 6.04 Å². The first-order valence-corrected chi connectivity index (χ1v) is 7.16. The number of rotatable bonds is 5. The number of nitrogens with one attached hydrogen (secondary N) is 1. The van der Waals surface area contributed by atoms with Gasteiger partial charge in [0, 0.05) is 16.2 Å². The molecule has 0 aliphatic rings. The topological polar surface area (TPSA) is 34.1 Å². The molecule has 0 spiro atoms. The zero-order chi connectivity index (χ0) is 14.5. The van der Waals surface area contributed by atoms with Gasteiger partial charge in [-0.3, -0.25) is 0 Å². The van der Waals surface area contributed by atoms with Crippen LogP contribution < -0.4 is 10.1 Å². The number of ether oxygens (including phenoxy) is 1. The zero-order valence-electron chi connectivity index (χ0n) is 11.4. The minimum atomic E-state index is -0.00962. The van der Waals surface area contributed by atoms with E-state index < -0.39 is 0 Å². The first-order chi connectivity index (χ1) is 9.61. The predicted octanol–water partition coefficient (Wildman–Crippen LogP) is 4.96. The summed E-state index contributed by atoms with van der Waals surface area (Å²) in [6.07, 6.45) is 1.70. The van der Waals surface area contributed by atoms with Gasteiger partial charge in [-0.1, -0.05) is 23.2 Å². The van der Waals surface area contributed by atoms with Crippen molar-refractivity contribution in [3.63, 3.8) is 0 Å². The van der Waals surface area contributed by atoms with Gasteiger partial charge in [0.05, 0.1) is 18.3 Å². The van der Waals surface area contributed by atoms with E-state index in [4.69, 9.17) is 27.9 Å². The second kappa shape index (κ2) is 6.82. The Kier molecular flexibility index (Phi) is 5.10. The fourth-order valence-corrected chi connectivity index (χ4v) is 2.37. The first kappa shape index (κ1) is 14.9.